The maximum absolute atomic E-state index is 7.46. The van der Waals surface area contributed by atoms with Gasteiger partial charge in [-0.05, 0) is 48.7 Å². The first-order chi connectivity index (χ1) is 13.5. The Morgan fingerprint density at radius 1 is 0.786 bits per heavy atom. The molecular weight excluding hydrogens is 344 g/mol. The average Bonchev–Trinajstić information content (AvgIpc) is 2.97. The summed E-state index contributed by atoms with van der Waals surface area (Å²) in [5.41, 5.74) is 7.39. The highest BCUT2D eigenvalue weighted by atomic mass is 15.4. The molecule has 0 saturated heterocycles. The van der Waals surface area contributed by atoms with Crippen molar-refractivity contribution in [2.24, 2.45) is 0 Å². The topological polar surface area (TPSA) is 15.2 Å². The summed E-state index contributed by atoms with van der Waals surface area (Å²) in [7, 11) is 2.03. The number of anilines is 3. The molecule has 0 bridgehead atoms. The van der Waals surface area contributed by atoms with E-state index >= 15 is 0 Å². The van der Waals surface area contributed by atoms with Crippen LogP contribution in [0.5, 0.6) is 0 Å². The van der Waals surface area contributed by atoms with E-state index in [0.29, 0.717) is 11.4 Å². The van der Waals surface area contributed by atoms with Gasteiger partial charge in [-0.2, -0.15) is 0 Å². The van der Waals surface area contributed by atoms with Gasteiger partial charge in [0.25, 0.3) is 0 Å². The summed E-state index contributed by atoms with van der Waals surface area (Å²) in [6, 6.07) is 20.5. The van der Waals surface area contributed by atoms with Crippen LogP contribution in [0, 0.1) is 20.1 Å². The van der Waals surface area contributed by atoms with Gasteiger partial charge in [0.05, 0.1) is 18.8 Å². The van der Waals surface area contributed by atoms with Gasteiger partial charge in [-0.25, -0.2) is 0 Å². The predicted octanol–water partition coefficient (Wildman–Crippen LogP) is 6.70. The summed E-state index contributed by atoms with van der Waals surface area (Å²) in [5.74, 6) is 0. The van der Waals surface area contributed by atoms with Crippen molar-refractivity contribution in [2.75, 3.05) is 16.8 Å². The number of benzene rings is 3. The summed E-state index contributed by atoms with van der Waals surface area (Å²) < 4.78 is 0. The number of aryl methyl sites for hydroxylation is 1. The van der Waals surface area contributed by atoms with Crippen LogP contribution in [0.1, 0.15) is 12.5 Å². The molecule has 1 heterocycles. The Hall–Kier alpha value is -3.76. The molecule has 3 aromatic carbocycles. The summed E-state index contributed by atoms with van der Waals surface area (Å²) in [4.78, 5) is 11.5. The highest BCUT2D eigenvalue weighted by Crippen LogP contribution is 2.49. The molecule has 0 fully saturated rings. The Bertz CT molecular complexity index is 1140. The van der Waals surface area contributed by atoms with Gasteiger partial charge in [0.1, 0.15) is 6.17 Å². The largest absolute Gasteiger partial charge is 0.354 e. The lowest BCUT2D eigenvalue weighted by Crippen LogP contribution is -2.35. The lowest BCUT2D eigenvalue weighted by Gasteiger charge is -2.29. The van der Waals surface area contributed by atoms with Gasteiger partial charge in [-0.3, -0.25) is 9.69 Å². The molecule has 4 nitrogen and oxygen atoms in total. The van der Waals surface area contributed by atoms with Crippen molar-refractivity contribution in [3.63, 3.8) is 0 Å². The van der Waals surface area contributed by atoms with E-state index in [4.69, 9.17) is 13.1 Å². The van der Waals surface area contributed by atoms with Crippen LogP contribution in [0.15, 0.2) is 60.7 Å². The van der Waals surface area contributed by atoms with Crippen molar-refractivity contribution < 1.29 is 0 Å². The fourth-order valence-corrected chi connectivity index (χ4v) is 3.80. The van der Waals surface area contributed by atoms with Gasteiger partial charge < -0.3 is 9.80 Å². The predicted molar refractivity (Wildman–Crippen MR) is 116 cm³/mol. The first kappa shape index (κ1) is 17.6. The van der Waals surface area contributed by atoms with Gasteiger partial charge in [0.15, 0.2) is 11.4 Å². The molecule has 0 amide bonds. The molecule has 1 atom stereocenters. The molecule has 0 aliphatic carbocycles. The molecular formula is C24H20N4. The number of nitrogens with zero attached hydrogens (tertiary/aromatic N) is 4. The Labute approximate surface area is 165 Å². The minimum absolute atomic E-state index is 0.0827. The second-order valence-electron chi connectivity index (χ2n) is 7.03. The van der Waals surface area contributed by atoms with Gasteiger partial charge >= 0.3 is 0 Å². The van der Waals surface area contributed by atoms with Gasteiger partial charge in [-0.15, -0.1) is 0 Å². The zero-order chi connectivity index (χ0) is 19.8. The lowest BCUT2D eigenvalue weighted by molar-refractivity contribution is 0.733. The summed E-state index contributed by atoms with van der Waals surface area (Å²) >= 11 is 0. The van der Waals surface area contributed by atoms with Crippen LogP contribution in [-0.2, 0) is 0 Å². The Morgan fingerprint density at radius 2 is 1.43 bits per heavy atom. The first-order valence-corrected chi connectivity index (χ1v) is 9.16. The van der Waals surface area contributed by atoms with E-state index in [9.17, 15) is 0 Å². The molecule has 136 valence electrons. The fourth-order valence-electron chi connectivity index (χ4n) is 3.80. The van der Waals surface area contributed by atoms with Crippen molar-refractivity contribution in [2.45, 2.75) is 20.0 Å². The molecule has 28 heavy (non-hydrogen) atoms. The van der Waals surface area contributed by atoms with Crippen molar-refractivity contribution in [3.05, 3.63) is 89.1 Å². The Kier molecular flexibility index (Phi) is 4.26. The van der Waals surface area contributed by atoms with Crippen molar-refractivity contribution >= 4 is 28.4 Å². The van der Waals surface area contributed by atoms with Crippen LogP contribution in [0.2, 0.25) is 0 Å². The van der Waals surface area contributed by atoms with Crippen LogP contribution < -0.4 is 9.80 Å². The third-order valence-electron chi connectivity index (χ3n) is 5.46. The highest BCUT2D eigenvalue weighted by molar-refractivity contribution is 5.92. The van der Waals surface area contributed by atoms with E-state index < -0.39 is 0 Å². The SMILES string of the molecule is [C-]#[N+]c1cc2c(cc1[N+]#[C-])N(c1cc(-c3ccccc3)ccc1C)[C@@H](C)N2C. The standard InChI is InChI=1S/C24H20N4/c1-16-11-12-19(18-9-7-6-8-10-18)13-22(16)28-17(2)27(5)23-14-20(25-3)21(26-4)15-24(23)28/h6-15,17H,1-2,5H3/t17-/m0/s1. The molecule has 3 aromatic rings. The van der Waals surface area contributed by atoms with Gasteiger partial charge in [0.2, 0.25) is 0 Å². The molecule has 4 heteroatoms. The van der Waals surface area contributed by atoms with E-state index in [1.807, 2.05) is 37.4 Å². The summed E-state index contributed by atoms with van der Waals surface area (Å²) in [6.45, 7) is 19.1. The zero-order valence-electron chi connectivity index (χ0n) is 16.1. The lowest BCUT2D eigenvalue weighted by atomic mass is 10.0. The molecule has 1 aliphatic heterocycles. The normalized spacial score (nSPS) is 15.1. The van der Waals surface area contributed by atoms with Crippen molar-refractivity contribution in [3.8, 4) is 11.1 Å². The first-order valence-electron chi connectivity index (χ1n) is 9.16. The third-order valence-corrected chi connectivity index (χ3v) is 5.46. The van der Waals surface area contributed by atoms with Crippen molar-refractivity contribution in [1.82, 2.24) is 0 Å². The van der Waals surface area contributed by atoms with E-state index in [2.05, 4.69) is 63.7 Å². The monoisotopic (exact) mass is 364 g/mol. The highest BCUT2D eigenvalue weighted by Gasteiger charge is 2.33. The smallest absolute Gasteiger partial charge is 0.196 e. The molecule has 4 rings (SSSR count). The molecule has 0 saturated carbocycles. The fraction of sp³-hybridized carbons (Fsp3) is 0.167. The minimum atomic E-state index is 0.0827. The molecule has 0 radical (unpaired) electrons. The second-order valence-corrected chi connectivity index (χ2v) is 7.03. The molecule has 0 N–H and O–H groups in total. The van der Waals surface area contributed by atoms with E-state index in [0.717, 1.165) is 22.6 Å². The van der Waals surface area contributed by atoms with Crippen LogP contribution >= 0.6 is 0 Å². The van der Waals surface area contributed by atoms with Crippen LogP contribution in [-0.4, -0.2) is 13.2 Å². The number of hydrogen-bond acceptors (Lipinski definition) is 2. The molecule has 1 aliphatic rings. The summed E-state index contributed by atoms with van der Waals surface area (Å²) in [6.07, 6.45) is 0.0827. The number of hydrogen-bond donors (Lipinski definition) is 0. The van der Waals surface area contributed by atoms with Crippen LogP contribution in [0.4, 0.5) is 28.4 Å². The maximum atomic E-state index is 7.46. The third kappa shape index (κ3) is 2.68. The quantitative estimate of drug-likeness (QED) is 0.470. The minimum Gasteiger partial charge on any atom is -0.354 e. The van der Waals surface area contributed by atoms with Crippen molar-refractivity contribution in [1.29, 1.82) is 0 Å². The van der Waals surface area contributed by atoms with E-state index in [1.54, 1.807) is 0 Å². The molecule has 0 spiro atoms. The summed E-state index contributed by atoms with van der Waals surface area (Å²) in [5, 5.41) is 0. The van der Waals surface area contributed by atoms with Crippen LogP contribution in [0.3, 0.4) is 0 Å². The zero-order valence-corrected chi connectivity index (χ0v) is 16.1. The van der Waals surface area contributed by atoms with E-state index in [1.165, 1.54) is 11.1 Å². The second kappa shape index (κ2) is 6.76. The molecule has 0 unspecified atom stereocenters. The maximum Gasteiger partial charge on any atom is 0.196 e. The van der Waals surface area contributed by atoms with Gasteiger partial charge in [0, 0.05) is 18.4 Å². The molecule has 0 aromatic heterocycles. The van der Waals surface area contributed by atoms with Crippen LogP contribution in [0.25, 0.3) is 20.8 Å². The number of fused-ring (bicyclic) bond motifs is 1. The Balaban J connectivity index is 1.90. The average molecular weight is 364 g/mol. The Morgan fingerprint density at radius 3 is 2.07 bits per heavy atom. The number of rotatable bonds is 2. The van der Waals surface area contributed by atoms with E-state index in [-0.39, 0.29) is 6.17 Å². The van der Waals surface area contributed by atoms with Gasteiger partial charge in [-0.1, -0.05) is 42.5 Å².